The number of anilines is 3. The molecule has 1 aliphatic rings. The Bertz CT molecular complexity index is 564. The van der Waals surface area contributed by atoms with Gasteiger partial charge in [0.05, 0.1) is 0 Å². The summed E-state index contributed by atoms with van der Waals surface area (Å²) < 4.78 is 0. The van der Waals surface area contributed by atoms with Crippen LogP contribution in [0.2, 0.25) is 0 Å². The maximum Gasteiger partial charge on any atom is 0.223 e. The smallest absolute Gasteiger partial charge is 0.223 e. The van der Waals surface area contributed by atoms with E-state index in [9.17, 15) is 0 Å². The summed E-state index contributed by atoms with van der Waals surface area (Å²) in [6.07, 6.45) is 2.44. The highest BCUT2D eigenvalue weighted by Crippen LogP contribution is 2.21. The maximum atomic E-state index is 5.81. The molecular formula is C15H19N5. The van der Waals surface area contributed by atoms with Crippen molar-refractivity contribution in [1.82, 2.24) is 9.97 Å². The monoisotopic (exact) mass is 269 g/mol. The summed E-state index contributed by atoms with van der Waals surface area (Å²) in [6, 6.07) is 12.2. The van der Waals surface area contributed by atoms with Crippen LogP contribution in [0.15, 0.2) is 36.4 Å². The zero-order valence-electron chi connectivity index (χ0n) is 11.4. The highest BCUT2D eigenvalue weighted by atomic mass is 15.2. The Kier molecular flexibility index (Phi) is 3.67. The summed E-state index contributed by atoms with van der Waals surface area (Å²) >= 11 is 0. The molecule has 0 amide bonds. The van der Waals surface area contributed by atoms with E-state index < -0.39 is 0 Å². The van der Waals surface area contributed by atoms with Gasteiger partial charge in [-0.05, 0) is 18.4 Å². The number of benzene rings is 1. The van der Waals surface area contributed by atoms with Crippen LogP contribution in [0.1, 0.15) is 18.4 Å². The molecule has 1 aliphatic heterocycles. The van der Waals surface area contributed by atoms with E-state index in [4.69, 9.17) is 5.73 Å². The highest BCUT2D eigenvalue weighted by molar-refractivity contribution is 5.53. The topological polar surface area (TPSA) is 67.1 Å². The summed E-state index contributed by atoms with van der Waals surface area (Å²) in [6.45, 7) is 2.83. The molecule has 3 rings (SSSR count). The van der Waals surface area contributed by atoms with Crippen LogP contribution in [0.5, 0.6) is 0 Å². The van der Waals surface area contributed by atoms with Crippen LogP contribution < -0.4 is 16.0 Å². The summed E-state index contributed by atoms with van der Waals surface area (Å²) in [5.74, 6) is 2.03. The number of nitrogens with two attached hydrogens (primary N) is 1. The Morgan fingerprint density at radius 1 is 1.10 bits per heavy atom. The fourth-order valence-electron chi connectivity index (χ4n) is 2.44. The van der Waals surface area contributed by atoms with Crippen LogP contribution in [0.3, 0.4) is 0 Å². The number of rotatable bonds is 4. The van der Waals surface area contributed by atoms with E-state index in [1.54, 1.807) is 0 Å². The Morgan fingerprint density at radius 2 is 1.85 bits per heavy atom. The lowest BCUT2D eigenvalue weighted by atomic mass is 10.2. The number of aromatic nitrogens is 2. The van der Waals surface area contributed by atoms with Crippen molar-refractivity contribution in [1.29, 1.82) is 0 Å². The van der Waals surface area contributed by atoms with Gasteiger partial charge in [0.15, 0.2) is 0 Å². The second-order valence-electron chi connectivity index (χ2n) is 5.00. The average molecular weight is 269 g/mol. The van der Waals surface area contributed by atoms with Gasteiger partial charge in [0.25, 0.3) is 0 Å². The van der Waals surface area contributed by atoms with Gasteiger partial charge in [-0.1, -0.05) is 30.3 Å². The lowest BCUT2D eigenvalue weighted by Crippen LogP contribution is -2.20. The third kappa shape index (κ3) is 2.99. The number of nitrogens with one attached hydrogen (secondary N) is 1. The average Bonchev–Trinajstić information content (AvgIpc) is 3.00. The third-order valence-corrected chi connectivity index (χ3v) is 3.48. The molecule has 5 nitrogen and oxygen atoms in total. The van der Waals surface area contributed by atoms with E-state index in [0.29, 0.717) is 5.95 Å². The molecule has 1 aromatic heterocycles. The van der Waals surface area contributed by atoms with Crippen molar-refractivity contribution in [3.8, 4) is 0 Å². The van der Waals surface area contributed by atoms with Crippen LogP contribution in [0.4, 0.5) is 17.6 Å². The lowest BCUT2D eigenvalue weighted by molar-refractivity contribution is 0.929. The maximum absolute atomic E-state index is 5.81. The normalized spacial score (nSPS) is 14.5. The van der Waals surface area contributed by atoms with Crippen LogP contribution in [-0.4, -0.2) is 23.1 Å². The fraction of sp³-hybridized carbons (Fsp3) is 0.333. The summed E-state index contributed by atoms with van der Waals surface area (Å²) in [4.78, 5) is 10.8. The Morgan fingerprint density at radius 3 is 2.60 bits per heavy atom. The van der Waals surface area contributed by atoms with Crippen molar-refractivity contribution in [2.45, 2.75) is 19.4 Å². The molecule has 0 aliphatic carbocycles. The number of hydrogen-bond donors (Lipinski definition) is 2. The number of nitrogen functional groups attached to an aromatic ring is 1. The highest BCUT2D eigenvalue weighted by Gasteiger charge is 2.15. The third-order valence-electron chi connectivity index (χ3n) is 3.48. The van der Waals surface area contributed by atoms with E-state index >= 15 is 0 Å². The molecule has 5 heteroatoms. The fourth-order valence-corrected chi connectivity index (χ4v) is 2.44. The number of hydrogen-bond acceptors (Lipinski definition) is 5. The SMILES string of the molecule is Nc1nc(NCc2ccccc2)cc(N2CCCC2)n1. The molecule has 0 saturated carbocycles. The molecule has 1 fully saturated rings. The molecule has 1 aromatic carbocycles. The predicted molar refractivity (Wildman–Crippen MR) is 81.7 cm³/mol. The van der Waals surface area contributed by atoms with Crippen LogP contribution in [0.25, 0.3) is 0 Å². The molecule has 0 atom stereocenters. The van der Waals surface area contributed by atoms with Crippen LogP contribution in [-0.2, 0) is 6.54 Å². The Hall–Kier alpha value is -2.30. The second-order valence-corrected chi connectivity index (χ2v) is 5.00. The first-order chi connectivity index (χ1) is 9.81. The Balaban J connectivity index is 1.72. The van der Waals surface area contributed by atoms with Crippen molar-refractivity contribution in [3.05, 3.63) is 42.0 Å². The van der Waals surface area contributed by atoms with Gasteiger partial charge in [-0.15, -0.1) is 0 Å². The first-order valence-electron chi connectivity index (χ1n) is 6.98. The minimum absolute atomic E-state index is 0.324. The molecule has 1 saturated heterocycles. The van der Waals surface area contributed by atoms with Gasteiger partial charge in [-0.3, -0.25) is 0 Å². The van der Waals surface area contributed by atoms with Gasteiger partial charge < -0.3 is 16.0 Å². The van der Waals surface area contributed by atoms with Crippen molar-refractivity contribution in [3.63, 3.8) is 0 Å². The summed E-state index contributed by atoms with van der Waals surface area (Å²) in [5, 5.41) is 3.31. The molecule has 0 bridgehead atoms. The largest absolute Gasteiger partial charge is 0.368 e. The zero-order chi connectivity index (χ0) is 13.8. The van der Waals surface area contributed by atoms with Gasteiger partial charge in [0.2, 0.25) is 5.95 Å². The summed E-state index contributed by atoms with van der Waals surface area (Å²) in [7, 11) is 0. The quantitative estimate of drug-likeness (QED) is 0.891. The van der Waals surface area contributed by atoms with Crippen LogP contribution in [0, 0.1) is 0 Å². The summed E-state index contributed by atoms with van der Waals surface area (Å²) in [5.41, 5.74) is 7.02. The van der Waals surface area contributed by atoms with Gasteiger partial charge in [-0.25, -0.2) is 0 Å². The molecule has 20 heavy (non-hydrogen) atoms. The molecule has 0 radical (unpaired) electrons. The Labute approximate surface area is 118 Å². The van der Waals surface area contributed by atoms with Crippen molar-refractivity contribution >= 4 is 17.6 Å². The molecule has 3 N–H and O–H groups in total. The minimum Gasteiger partial charge on any atom is -0.368 e. The van der Waals surface area contributed by atoms with Gasteiger partial charge in [0.1, 0.15) is 11.6 Å². The second kappa shape index (κ2) is 5.77. The predicted octanol–water partition coefficient (Wildman–Crippen LogP) is 2.27. The molecule has 104 valence electrons. The number of nitrogens with zero attached hydrogens (tertiary/aromatic N) is 3. The van der Waals surface area contributed by atoms with Gasteiger partial charge >= 0.3 is 0 Å². The minimum atomic E-state index is 0.324. The molecule has 2 aromatic rings. The van der Waals surface area contributed by atoms with E-state index in [1.807, 2.05) is 24.3 Å². The molecule has 2 heterocycles. The van der Waals surface area contributed by atoms with Gasteiger partial charge in [-0.2, -0.15) is 9.97 Å². The first-order valence-corrected chi connectivity index (χ1v) is 6.98. The van der Waals surface area contributed by atoms with E-state index in [2.05, 4.69) is 32.3 Å². The van der Waals surface area contributed by atoms with E-state index in [0.717, 1.165) is 31.3 Å². The zero-order valence-corrected chi connectivity index (χ0v) is 11.4. The molecule has 0 spiro atoms. The molecule has 0 unspecified atom stereocenters. The van der Waals surface area contributed by atoms with Crippen LogP contribution >= 0.6 is 0 Å². The molecular weight excluding hydrogens is 250 g/mol. The first kappa shape index (κ1) is 12.7. The van der Waals surface area contributed by atoms with E-state index in [1.165, 1.54) is 18.4 Å². The lowest BCUT2D eigenvalue weighted by Gasteiger charge is -2.17. The van der Waals surface area contributed by atoms with Gasteiger partial charge in [0, 0.05) is 25.7 Å². The van der Waals surface area contributed by atoms with Crippen molar-refractivity contribution in [2.24, 2.45) is 0 Å². The van der Waals surface area contributed by atoms with E-state index in [-0.39, 0.29) is 0 Å². The van der Waals surface area contributed by atoms with Crippen molar-refractivity contribution < 1.29 is 0 Å². The van der Waals surface area contributed by atoms with Crippen molar-refractivity contribution in [2.75, 3.05) is 29.0 Å². The standard InChI is InChI=1S/C15H19N5/c16-15-18-13(17-11-12-6-2-1-3-7-12)10-14(19-15)20-8-4-5-9-20/h1-3,6-7,10H,4-5,8-9,11H2,(H3,16,17,18,19).